The van der Waals surface area contributed by atoms with Gasteiger partial charge in [0.15, 0.2) is 17.5 Å². The molecule has 4 heterocycles. The smallest absolute Gasteiger partial charge is 0.164 e. The minimum atomic E-state index is 0.630. The van der Waals surface area contributed by atoms with Crippen LogP contribution in [0.2, 0.25) is 0 Å². The average Bonchev–Trinajstić information content (AvgIpc) is 3.58. The van der Waals surface area contributed by atoms with Crippen LogP contribution in [0.15, 0.2) is 127 Å². The molecule has 0 amide bonds. The summed E-state index contributed by atoms with van der Waals surface area (Å²) in [4.78, 5) is 19.7. The molecule has 0 spiro atoms. The molecule has 5 heteroatoms. The molecule has 5 nitrogen and oxygen atoms in total. The molecule has 0 aliphatic carbocycles. The Kier molecular flexibility index (Phi) is 4.76. The molecule has 39 heavy (non-hydrogen) atoms. The van der Waals surface area contributed by atoms with Gasteiger partial charge in [0.05, 0.1) is 16.7 Å². The maximum Gasteiger partial charge on any atom is 0.164 e. The molecule has 0 fully saturated rings. The molecule has 182 valence electrons. The lowest BCUT2D eigenvalue weighted by atomic mass is 10.0. The van der Waals surface area contributed by atoms with E-state index in [1.165, 1.54) is 16.3 Å². The Bertz CT molecular complexity index is 2060. The lowest BCUT2D eigenvalue weighted by Crippen LogP contribution is -2.00. The lowest BCUT2D eigenvalue weighted by molar-refractivity contribution is 1.07. The topological polar surface area (TPSA) is 56.0 Å². The van der Waals surface area contributed by atoms with Crippen molar-refractivity contribution < 1.29 is 0 Å². The average molecular weight is 500 g/mol. The van der Waals surface area contributed by atoms with E-state index in [1.807, 2.05) is 60.7 Å². The van der Waals surface area contributed by atoms with Gasteiger partial charge in [0.2, 0.25) is 0 Å². The molecular weight excluding hydrogens is 478 g/mol. The Morgan fingerprint density at radius 1 is 0.410 bits per heavy atom. The molecule has 8 rings (SSSR count). The van der Waals surface area contributed by atoms with Crippen LogP contribution in [0.4, 0.5) is 0 Å². The number of hydrogen-bond donors (Lipinski definition) is 0. The second-order valence-electron chi connectivity index (χ2n) is 9.58. The number of pyridine rings is 1. The number of hydrogen-bond acceptors (Lipinski definition) is 4. The second-order valence-corrected chi connectivity index (χ2v) is 9.58. The summed E-state index contributed by atoms with van der Waals surface area (Å²) >= 11 is 0. The highest BCUT2D eigenvalue weighted by Crippen LogP contribution is 2.37. The number of rotatable bonds is 4. The zero-order chi connectivity index (χ0) is 25.8. The summed E-state index contributed by atoms with van der Waals surface area (Å²) in [5.74, 6) is 1.93. The summed E-state index contributed by atoms with van der Waals surface area (Å²) in [7, 11) is 0. The second kappa shape index (κ2) is 8.57. The van der Waals surface area contributed by atoms with E-state index in [-0.39, 0.29) is 0 Å². The van der Waals surface area contributed by atoms with E-state index in [0.717, 1.165) is 39.1 Å². The van der Waals surface area contributed by atoms with Crippen LogP contribution in [0.5, 0.6) is 0 Å². The molecular formula is C34H21N5. The summed E-state index contributed by atoms with van der Waals surface area (Å²) < 4.78 is 2.26. The largest absolute Gasteiger partial charge is 0.292 e. The third-order valence-corrected chi connectivity index (χ3v) is 7.20. The molecule has 0 bridgehead atoms. The molecule has 0 saturated heterocycles. The van der Waals surface area contributed by atoms with Gasteiger partial charge in [-0.15, -0.1) is 0 Å². The van der Waals surface area contributed by atoms with Crippen LogP contribution >= 0.6 is 0 Å². The van der Waals surface area contributed by atoms with E-state index in [2.05, 4.69) is 71.1 Å². The maximum atomic E-state index is 5.07. The van der Waals surface area contributed by atoms with Crippen LogP contribution in [-0.2, 0) is 0 Å². The monoisotopic (exact) mass is 499 g/mol. The molecule has 0 unspecified atom stereocenters. The van der Waals surface area contributed by atoms with Crippen LogP contribution in [-0.4, -0.2) is 24.3 Å². The Morgan fingerprint density at radius 2 is 0.949 bits per heavy atom. The van der Waals surface area contributed by atoms with Crippen LogP contribution < -0.4 is 0 Å². The standard InChI is InChI=1S/C34H21N5/c1-3-11-22(12-4-1)32-36-33(23-13-5-2-6-14-23)38-34(37-32)25-16-9-15-24(21-25)30-31-27-18-8-7-17-26(27)28-19-10-20-29(35-30)39(28)31/h1-21H. The highest BCUT2D eigenvalue weighted by Gasteiger charge is 2.19. The third-order valence-electron chi connectivity index (χ3n) is 7.20. The Labute approximate surface area is 224 Å². The zero-order valence-corrected chi connectivity index (χ0v) is 20.9. The van der Waals surface area contributed by atoms with Gasteiger partial charge in [-0.2, -0.15) is 0 Å². The predicted molar refractivity (Wildman–Crippen MR) is 157 cm³/mol. The zero-order valence-electron chi connectivity index (χ0n) is 20.9. The molecule has 0 aliphatic rings. The van der Waals surface area contributed by atoms with Gasteiger partial charge in [0.25, 0.3) is 0 Å². The SMILES string of the molecule is c1ccc(-c2nc(-c3ccccc3)nc(-c3cccc(-c4nc5cccc6c7ccccc7c4n56)c3)n2)cc1. The fourth-order valence-electron chi connectivity index (χ4n) is 5.41. The van der Waals surface area contributed by atoms with E-state index in [1.54, 1.807) is 0 Å². The van der Waals surface area contributed by atoms with E-state index in [9.17, 15) is 0 Å². The first-order valence-corrected chi connectivity index (χ1v) is 12.9. The van der Waals surface area contributed by atoms with Gasteiger partial charge in [0.1, 0.15) is 5.65 Å². The lowest BCUT2D eigenvalue weighted by Gasteiger charge is -2.09. The van der Waals surface area contributed by atoms with Crippen molar-refractivity contribution in [1.29, 1.82) is 0 Å². The fourth-order valence-corrected chi connectivity index (χ4v) is 5.41. The first-order chi connectivity index (χ1) is 19.3. The van der Waals surface area contributed by atoms with Crippen molar-refractivity contribution in [3.05, 3.63) is 127 Å². The van der Waals surface area contributed by atoms with Crippen molar-refractivity contribution in [2.75, 3.05) is 0 Å². The first-order valence-electron chi connectivity index (χ1n) is 12.9. The minimum Gasteiger partial charge on any atom is -0.292 e. The molecule has 0 aliphatic heterocycles. The van der Waals surface area contributed by atoms with Gasteiger partial charge in [-0.05, 0) is 18.2 Å². The Hall–Kier alpha value is -5.42. The number of nitrogens with zero attached hydrogens (tertiary/aromatic N) is 5. The molecule has 0 atom stereocenters. The van der Waals surface area contributed by atoms with Crippen molar-refractivity contribution in [1.82, 2.24) is 24.3 Å². The number of benzene rings is 4. The van der Waals surface area contributed by atoms with Gasteiger partial charge < -0.3 is 0 Å². The van der Waals surface area contributed by atoms with Crippen LogP contribution in [0.1, 0.15) is 0 Å². The molecule has 4 aromatic carbocycles. The van der Waals surface area contributed by atoms with Crippen LogP contribution in [0, 0.1) is 0 Å². The Balaban J connectivity index is 1.34. The van der Waals surface area contributed by atoms with Gasteiger partial charge in [-0.25, -0.2) is 19.9 Å². The summed E-state index contributed by atoms with van der Waals surface area (Å²) in [6, 6.07) is 43.3. The maximum absolute atomic E-state index is 5.07. The van der Waals surface area contributed by atoms with Gasteiger partial charge in [0, 0.05) is 33.0 Å². The predicted octanol–water partition coefficient (Wildman–Crippen LogP) is 7.93. The van der Waals surface area contributed by atoms with E-state index < -0.39 is 0 Å². The molecule has 0 saturated carbocycles. The van der Waals surface area contributed by atoms with Crippen molar-refractivity contribution in [3.8, 4) is 45.4 Å². The molecule has 4 aromatic heterocycles. The highest BCUT2D eigenvalue weighted by molar-refractivity contribution is 6.13. The van der Waals surface area contributed by atoms with Crippen molar-refractivity contribution in [2.45, 2.75) is 0 Å². The van der Waals surface area contributed by atoms with Crippen LogP contribution in [0.3, 0.4) is 0 Å². The summed E-state index contributed by atoms with van der Waals surface area (Å²) in [6.45, 7) is 0. The first kappa shape index (κ1) is 21.6. The van der Waals surface area contributed by atoms with Gasteiger partial charge in [-0.3, -0.25) is 4.40 Å². The summed E-state index contributed by atoms with van der Waals surface area (Å²) in [6.07, 6.45) is 0. The number of fused-ring (bicyclic) bond motifs is 3. The Morgan fingerprint density at radius 3 is 1.64 bits per heavy atom. The van der Waals surface area contributed by atoms with Gasteiger partial charge >= 0.3 is 0 Å². The molecule has 8 aromatic rings. The minimum absolute atomic E-state index is 0.630. The fraction of sp³-hybridized carbons (Fsp3) is 0. The summed E-state index contributed by atoms with van der Waals surface area (Å²) in [5, 5.41) is 2.43. The van der Waals surface area contributed by atoms with Crippen LogP contribution in [0.25, 0.3) is 72.9 Å². The molecule has 0 radical (unpaired) electrons. The van der Waals surface area contributed by atoms with E-state index in [4.69, 9.17) is 19.9 Å². The number of imidazole rings is 1. The van der Waals surface area contributed by atoms with Crippen molar-refractivity contribution in [2.24, 2.45) is 0 Å². The third kappa shape index (κ3) is 3.48. The van der Waals surface area contributed by atoms with Crippen molar-refractivity contribution in [3.63, 3.8) is 0 Å². The number of aromatic nitrogens is 5. The normalized spacial score (nSPS) is 11.6. The van der Waals surface area contributed by atoms with Gasteiger partial charge in [-0.1, -0.05) is 109 Å². The van der Waals surface area contributed by atoms with Crippen molar-refractivity contribution >= 4 is 27.5 Å². The summed E-state index contributed by atoms with van der Waals surface area (Å²) in [5.41, 5.74) is 8.03. The quantitative estimate of drug-likeness (QED) is 0.247. The van der Waals surface area contributed by atoms with E-state index in [0.29, 0.717) is 17.5 Å². The molecule has 0 N–H and O–H groups in total. The van der Waals surface area contributed by atoms with E-state index >= 15 is 0 Å². The highest BCUT2D eigenvalue weighted by atomic mass is 15.0.